The number of thiophene rings is 1. The fourth-order valence-corrected chi connectivity index (χ4v) is 3.40. The first kappa shape index (κ1) is 14.4. The van der Waals surface area contributed by atoms with Crippen molar-refractivity contribution in [1.29, 1.82) is 0 Å². The first-order valence-corrected chi connectivity index (χ1v) is 8.08. The lowest BCUT2D eigenvalue weighted by Gasteiger charge is -2.17. The monoisotopic (exact) mass is 317 g/mol. The first-order chi connectivity index (χ1) is 10.3. The van der Waals surface area contributed by atoms with Crippen molar-refractivity contribution in [3.05, 3.63) is 81.4 Å². The molecule has 0 spiro atoms. The van der Waals surface area contributed by atoms with Crippen molar-refractivity contribution in [3.8, 4) is 0 Å². The van der Waals surface area contributed by atoms with Gasteiger partial charge in [0.15, 0.2) is 0 Å². The fourth-order valence-electron chi connectivity index (χ4n) is 2.31. The highest BCUT2D eigenvalue weighted by Gasteiger charge is 2.15. The van der Waals surface area contributed by atoms with Gasteiger partial charge in [-0.1, -0.05) is 41.9 Å². The molecule has 1 unspecified atom stereocenters. The molecule has 0 saturated carbocycles. The molecule has 1 atom stereocenters. The Labute approximate surface area is 133 Å². The predicted octanol–water partition coefficient (Wildman–Crippen LogP) is 4.92. The predicted molar refractivity (Wildman–Crippen MR) is 88.0 cm³/mol. The average Bonchev–Trinajstić information content (AvgIpc) is 3.16. The van der Waals surface area contributed by atoms with Crippen molar-refractivity contribution in [2.75, 3.05) is 6.54 Å². The molecule has 1 aromatic carbocycles. The number of hydrogen-bond donors (Lipinski definition) is 1. The fraction of sp³-hybridized carbons (Fsp3) is 0.176. The van der Waals surface area contributed by atoms with Crippen LogP contribution in [-0.2, 0) is 6.42 Å². The summed E-state index contributed by atoms with van der Waals surface area (Å²) >= 11 is 7.60. The summed E-state index contributed by atoms with van der Waals surface area (Å²) in [6.45, 7) is 0.872. The van der Waals surface area contributed by atoms with E-state index in [1.165, 1.54) is 10.4 Å². The summed E-state index contributed by atoms with van der Waals surface area (Å²) in [5.74, 6) is 0.936. The van der Waals surface area contributed by atoms with Crippen LogP contribution in [0.3, 0.4) is 0 Å². The van der Waals surface area contributed by atoms with Crippen molar-refractivity contribution in [1.82, 2.24) is 5.32 Å². The number of nitrogens with one attached hydrogen (secondary N) is 1. The van der Waals surface area contributed by atoms with Crippen LogP contribution >= 0.6 is 22.9 Å². The lowest BCUT2D eigenvalue weighted by molar-refractivity contribution is 0.448. The van der Waals surface area contributed by atoms with E-state index in [0.29, 0.717) is 0 Å². The number of rotatable bonds is 6. The second-order valence-corrected chi connectivity index (χ2v) is 6.57. The summed E-state index contributed by atoms with van der Waals surface area (Å²) in [4.78, 5) is 1.29. The molecule has 1 N–H and O–H groups in total. The van der Waals surface area contributed by atoms with Crippen LogP contribution < -0.4 is 5.32 Å². The van der Waals surface area contributed by atoms with Crippen molar-refractivity contribution in [3.63, 3.8) is 0 Å². The molecule has 3 aromatic rings. The van der Waals surface area contributed by atoms with E-state index in [-0.39, 0.29) is 6.04 Å². The van der Waals surface area contributed by atoms with Crippen molar-refractivity contribution >= 4 is 22.9 Å². The Balaban J connectivity index is 1.68. The van der Waals surface area contributed by atoms with E-state index < -0.39 is 0 Å². The number of benzene rings is 1. The maximum absolute atomic E-state index is 5.96. The molecule has 0 bridgehead atoms. The minimum atomic E-state index is 0.0802. The summed E-state index contributed by atoms with van der Waals surface area (Å²) in [7, 11) is 0. The van der Waals surface area contributed by atoms with Gasteiger partial charge in [0.25, 0.3) is 0 Å². The van der Waals surface area contributed by atoms with Crippen LogP contribution in [0.4, 0.5) is 0 Å². The van der Waals surface area contributed by atoms with Gasteiger partial charge in [0, 0.05) is 11.4 Å². The average molecular weight is 318 g/mol. The molecular formula is C17H16ClNOS. The zero-order chi connectivity index (χ0) is 14.5. The smallest absolute Gasteiger partial charge is 0.125 e. The first-order valence-electron chi connectivity index (χ1n) is 6.89. The second kappa shape index (κ2) is 6.94. The summed E-state index contributed by atoms with van der Waals surface area (Å²) in [5, 5.41) is 3.57. The molecule has 0 amide bonds. The van der Waals surface area contributed by atoms with E-state index in [4.69, 9.17) is 16.0 Å². The van der Waals surface area contributed by atoms with Crippen LogP contribution in [0.25, 0.3) is 0 Å². The molecule has 0 fully saturated rings. The molecule has 0 saturated heterocycles. The Kier molecular flexibility index (Phi) is 4.76. The number of halogens is 1. The normalized spacial score (nSPS) is 12.4. The Morgan fingerprint density at radius 2 is 1.90 bits per heavy atom. The summed E-state index contributed by atoms with van der Waals surface area (Å²) < 4.78 is 6.42. The lowest BCUT2D eigenvalue weighted by atomic mass is 10.0. The van der Waals surface area contributed by atoms with Crippen LogP contribution in [0.15, 0.2) is 65.3 Å². The lowest BCUT2D eigenvalue weighted by Crippen LogP contribution is -2.24. The molecule has 0 aliphatic heterocycles. The quantitative estimate of drug-likeness (QED) is 0.698. The Hall–Kier alpha value is -1.55. The molecule has 2 nitrogen and oxygen atoms in total. The van der Waals surface area contributed by atoms with Crippen molar-refractivity contribution in [2.45, 2.75) is 12.5 Å². The molecule has 4 heteroatoms. The molecule has 3 rings (SSSR count). The third-order valence-corrected chi connectivity index (χ3v) is 4.60. The highest BCUT2D eigenvalue weighted by atomic mass is 35.5. The van der Waals surface area contributed by atoms with Crippen LogP contribution in [0, 0.1) is 0 Å². The summed E-state index contributed by atoms with van der Waals surface area (Å²) in [6.07, 6.45) is 2.67. The van der Waals surface area contributed by atoms with E-state index in [1.54, 1.807) is 17.6 Å². The maximum Gasteiger partial charge on any atom is 0.125 e. The minimum Gasteiger partial charge on any atom is -0.467 e. The Morgan fingerprint density at radius 1 is 1.05 bits per heavy atom. The van der Waals surface area contributed by atoms with Crippen molar-refractivity contribution in [2.24, 2.45) is 0 Å². The van der Waals surface area contributed by atoms with Gasteiger partial charge in [-0.15, -0.1) is 11.3 Å². The molecule has 0 aliphatic rings. The van der Waals surface area contributed by atoms with E-state index >= 15 is 0 Å². The second-order valence-electron chi connectivity index (χ2n) is 4.77. The largest absolute Gasteiger partial charge is 0.467 e. The Morgan fingerprint density at radius 3 is 2.57 bits per heavy atom. The van der Waals surface area contributed by atoms with Gasteiger partial charge in [-0.25, -0.2) is 0 Å². The van der Waals surface area contributed by atoms with Crippen LogP contribution in [0.5, 0.6) is 0 Å². The zero-order valence-electron chi connectivity index (χ0n) is 11.5. The van der Waals surface area contributed by atoms with Gasteiger partial charge in [0.2, 0.25) is 0 Å². The zero-order valence-corrected chi connectivity index (χ0v) is 13.0. The van der Waals surface area contributed by atoms with Gasteiger partial charge in [-0.3, -0.25) is 0 Å². The molecular weight excluding hydrogens is 302 g/mol. The highest BCUT2D eigenvalue weighted by molar-refractivity contribution is 7.16. The minimum absolute atomic E-state index is 0.0802. The third-order valence-electron chi connectivity index (χ3n) is 3.31. The molecule has 0 aliphatic carbocycles. The molecule has 21 heavy (non-hydrogen) atoms. The van der Waals surface area contributed by atoms with E-state index in [2.05, 4.69) is 23.5 Å². The van der Waals surface area contributed by atoms with Gasteiger partial charge < -0.3 is 9.73 Å². The summed E-state index contributed by atoms with van der Waals surface area (Å²) in [6, 6.07) is 18.4. The topological polar surface area (TPSA) is 25.2 Å². The highest BCUT2D eigenvalue weighted by Crippen LogP contribution is 2.24. The van der Waals surface area contributed by atoms with Gasteiger partial charge in [-0.05, 0) is 36.2 Å². The van der Waals surface area contributed by atoms with Crippen molar-refractivity contribution < 1.29 is 4.42 Å². The van der Waals surface area contributed by atoms with Gasteiger partial charge in [-0.2, -0.15) is 0 Å². The summed E-state index contributed by atoms with van der Waals surface area (Å²) in [5.41, 5.74) is 1.21. The van der Waals surface area contributed by atoms with E-state index in [9.17, 15) is 0 Å². The van der Waals surface area contributed by atoms with Gasteiger partial charge in [0.1, 0.15) is 5.76 Å². The SMILES string of the molecule is Clc1ccc(CCNC(c2ccccc2)c2ccco2)s1. The van der Waals surface area contributed by atoms with Crippen LogP contribution in [0.1, 0.15) is 22.2 Å². The Bertz CT molecular complexity index is 663. The van der Waals surface area contributed by atoms with Crippen LogP contribution in [-0.4, -0.2) is 6.54 Å². The molecule has 2 aromatic heterocycles. The molecule has 2 heterocycles. The number of furan rings is 1. The van der Waals surface area contributed by atoms with E-state index in [1.807, 2.05) is 36.4 Å². The van der Waals surface area contributed by atoms with Gasteiger partial charge >= 0.3 is 0 Å². The number of hydrogen-bond acceptors (Lipinski definition) is 3. The van der Waals surface area contributed by atoms with E-state index in [0.717, 1.165) is 23.1 Å². The molecule has 108 valence electrons. The molecule has 0 radical (unpaired) electrons. The van der Waals surface area contributed by atoms with Gasteiger partial charge in [0.05, 0.1) is 16.6 Å². The van der Waals surface area contributed by atoms with Crippen LogP contribution in [0.2, 0.25) is 4.34 Å². The third kappa shape index (κ3) is 3.76. The standard InChI is InChI=1S/C17H16ClNOS/c18-16-9-8-14(21-16)10-11-19-17(15-7-4-12-20-15)13-5-2-1-3-6-13/h1-9,12,17,19H,10-11H2. The maximum atomic E-state index is 5.96.